The first-order chi connectivity index (χ1) is 16.2. The fraction of sp³-hybridized carbons (Fsp3) is 0.167. The molecule has 0 fully saturated rings. The third-order valence-corrected chi connectivity index (χ3v) is 8.16. The smallest absolute Gasteiger partial charge is 0.308 e. The topological polar surface area (TPSA) is 88.5 Å². The number of hydrogen-bond donors (Lipinski definition) is 1. The molecule has 4 rings (SSSR count). The number of para-hydroxylation sites is 1. The van der Waals surface area contributed by atoms with Gasteiger partial charge in [-0.25, -0.2) is 8.42 Å². The van der Waals surface area contributed by atoms with Gasteiger partial charge in [0.1, 0.15) is 6.54 Å². The highest BCUT2D eigenvalue weighted by molar-refractivity contribution is 7.92. The number of sulfonamides is 1. The lowest BCUT2D eigenvalue weighted by molar-refractivity contribution is -0.114. The van der Waals surface area contributed by atoms with E-state index in [4.69, 9.17) is 11.6 Å². The van der Waals surface area contributed by atoms with Gasteiger partial charge in [-0.1, -0.05) is 53.3 Å². The average Bonchev–Trinajstić information content (AvgIpc) is 3.13. The van der Waals surface area contributed by atoms with Crippen molar-refractivity contribution in [1.29, 1.82) is 0 Å². The zero-order valence-electron chi connectivity index (χ0n) is 18.4. The molecule has 0 unspecified atom stereocenters. The van der Waals surface area contributed by atoms with Crippen molar-refractivity contribution in [3.05, 3.63) is 87.5 Å². The Morgan fingerprint density at radius 2 is 1.74 bits per heavy atom. The third kappa shape index (κ3) is 4.72. The van der Waals surface area contributed by atoms with Gasteiger partial charge in [-0.15, -0.1) is 0 Å². The molecule has 0 bridgehead atoms. The summed E-state index contributed by atoms with van der Waals surface area (Å²) in [4.78, 5) is 25.2. The zero-order valence-corrected chi connectivity index (χ0v) is 20.8. The second-order valence-electron chi connectivity index (χ2n) is 7.84. The van der Waals surface area contributed by atoms with Crippen molar-refractivity contribution in [2.24, 2.45) is 0 Å². The number of anilines is 2. The largest absolute Gasteiger partial charge is 0.324 e. The Balaban J connectivity index is 1.65. The number of thiazole rings is 1. The predicted molar refractivity (Wildman–Crippen MR) is 138 cm³/mol. The third-order valence-electron chi connectivity index (χ3n) is 5.15. The molecule has 0 radical (unpaired) electrons. The number of carbonyl (C=O) groups is 1. The first-order valence-corrected chi connectivity index (χ1v) is 13.1. The molecule has 0 aliphatic rings. The van der Waals surface area contributed by atoms with Gasteiger partial charge >= 0.3 is 4.87 Å². The lowest BCUT2D eigenvalue weighted by Gasteiger charge is -2.25. The van der Waals surface area contributed by atoms with E-state index in [2.05, 4.69) is 5.32 Å². The van der Waals surface area contributed by atoms with E-state index in [1.54, 1.807) is 65.2 Å². The molecular weight excluding hydrogens is 494 g/mol. The lowest BCUT2D eigenvalue weighted by Crippen LogP contribution is -2.38. The van der Waals surface area contributed by atoms with Gasteiger partial charge in [0.25, 0.3) is 10.0 Å². The summed E-state index contributed by atoms with van der Waals surface area (Å²) in [5.74, 6) is -0.547. The summed E-state index contributed by atoms with van der Waals surface area (Å²) in [6.45, 7) is 3.38. The van der Waals surface area contributed by atoms with Crippen molar-refractivity contribution in [3.8, 4) is 0 Å². The van der Waals surface area contributed by atoms with E-state index in [-0.39, 0.29) is 26.5 Å². The molecule has 1 N–H and O–H groups in total. The highest BCUT2D eigenvalue weighted by Gasteiger charge is 2.28. The maximum absolute atomic E-state index is 13.4. The minimum absolute atomic E-state index is 0.00839. The fourth-order valence-corrected chi connectivity index (χ4v) is 6.41. The van der Waals surface area contributed by atoms with Crippen LogP contribution in [0.5, 0.6) is 0 Å². The summed E-state index contributed by atoms with van der Waals surface area (Å²) >= 11 is 7.39. The van der Waals surface area contributed by atoms with E-state index in [1.165, 1.54) is 12.1 Å². The maximum atomic E-state index is 13.4. The Bertz CT molecular complexity index is 1510. The Morgan fingerprint density at radius 3 is 2.41 bits per heavy atom. The second-order valence-corrected chi connectivity index (χ2v) is 11.1. The molecule has 0 saturated heterocycles. The first-order valence-electron chi connectivity index (χ1n) is 10.5. The van der Waals surface area contributed by atoms with Gasteiger partial charge in [0.2, 0.25) is 5.91 Å². The predicted octanol–water partition coefficient (Wildman–Crippen LogP) is 5.13. The first kappa shape index (κ1) is 24.0. The normalized spacial score (nSPS) is 11.6. The number of benzene rings is 3. The summed E-state index contributed by atoms with van der Waals surface area (Å²) < 4.78 is 30.2. The molecule has 4 aromatic rings. The molecule has 176 valence electrons. The quantitative estimate of drug-likeness (QED) is 0.369. The number of carbonyl (C=O) groups excluding carboxylic acids is 1. The molecule has 0 aliphatic carbocycles. The average molecular weight is 516 g/mol. The van der Waals surface area contributed by atoms with Crippen molar-refractivity contribution in [2.75, 3.05) is 16.2 Å². The van der Waals surface area contributed by atoms with Gasteiger partial charge in [-0.05, 0) is 56.3 Å². The lowest BCUT2D eigenvalue weighted by atomic mass is 10.2. The molecule has 0 saturated carbocycles. The fourth-order valence-electron chi connectivity index (χ4n) is 3.61. The monoisotopic (exact) mass is 515 g/mol. The SMILES string of the molecule is CC(C)n1c(=O)sc2cc(NC(=O)CN(c3ccccc3Cl)S(=O)(=O)c3ccccc3)ccc21. The van der Waals surface area contributed by atoms with Crippen molar-refractivity contribution < 1.29 is 13.2 Å². The molecule has 10 heteroatoms. The molecule has 1 heterocycles. The van der Waals surface area contributed by atoms with E-state index in [0.717, 1.165) is 25.9 Å². The standard InChI is InChI=1S/C24H22ClN3O4S2/c1-16(2)28-21-13-12-17(14-22(21)33-24(28)30)26-23(29)15-27(20-11-7-6-10-19(20)25)34(31,32)18-8-4-3-5-9-18/h3-14,16H,15H2,1-2H3,(H,26,29). The molecule has 34 heavy (non-hydrogen) atoms. The van der Waals surface area contributed by atoms with Gasteiger partial charge in [0.15, 0.2) is 0 Å². The summed E-state index contributed by atoms with van der Waals surface area (Å²) in [5, 5.41) is 2.95. The van der Waals surface area contributed by atoms with Crippen molar-refractivity contribution in [2.45, 2.75) is 24.8 Å². The summed E-state index contributed by atoms with van der Waals surface area (Å²) in [6.07, 6.45) is 0. The summed E-state index contributed by atoms with van der Waals surface area (Å²) in [5.41, 5.74) is 1.45. The molecule has 7 nitrogen and oxygen atoms in total. The molecule has 0 spiro atoms. The number of nitrogens with zero attached hydrogens (tertiary/aromatic N) is 2. The highest BCUT2D eigenvalue weighted by Crippen LogP contribution is 2.30. The number of fused-ring (bicyclic) bond motifs is 1. The van der Waals surface area contributed by atoms with Crippen LogP contribution >= 0.6 is 22.9 Å². The van der Waals surface area contributed by atoms with E-state index < -0.39 is 22.5 Å². The summed E-state index contributed by atoms with van der Waals surface area (Å²) in [7, 11) is -4.07. The Labute approximate surface area is 206 Å². The zero-order chi connectivity index (χ0) is 24.5. The van der Waals surface area contributed by atoms with Gasteiger partial charge in [-0.2, -0.15) is 0 Å². The van der Waals surface area contributed by atoms with E-state index in [9.17, 15) is 18.0 Å². The molecule has 0 atom stereocenters. The van der Waals surface area contributed by atoms with Crippen LogP contribution in [0.1, 0.15) is 19.9 Å². The number of rotatable bonds is 7. The van der Waals surface area contributed by atoms with E-state index in [0.29, 0.717) is 5.69 Å². The van der Waals surface area contributed by atoms with Gasteiger partial charge in [0, 0.05) is 11.7 Å². The number of halogens is 1. The van der Waals surface area contributed by atoms with Gasteiger partial charge in [-0.3, -0.25) is 18.5 Å². The number of aromatic nitrogens is 1. The maximum Gasteiger partial charge on any atom is 0.308 e. The second kappa shape index (κ2) is 9.61. The van der Waals surface area contributed by atoms with Crippen molar-refractivity contribution >= 4 is 60.5 Å². The number of hydrogen-bond acceptors (Lipinski definition) is 5. The van der Waals surface area contributed by atoms with Crippen LogP contribution in [0.15, 0.2) is 82.5 Å². The van der Waals surface area contributed by atoms with Crippen molar-refractivity contribution in [1.82, 2.24) is 4.57 Å². The van der Waals surface area contributed by atoms with Crippen LogP contribution in [0, 0.1) is 0 Å². The van der Waals surface area contributed by atoms with Crippen LogP contribution < -0.4 is 14.5 Å². The van der Waals surface area contributed by atoms with E-state index in [1.807, 2.05) is 13.8 Å². The number of nitrogens with one attached hydrogen (secondary N) is 1. The Hall–Kier alpha value is -3.14. The Kier molecular flexibility index (Phi) is 6.79. The molecule has 1 amide bonds. The molecule has 1 aromatic heterocycles. The number of amides is 1. The molecule has 3 aromatic carbocycles. The summed E-state index contributed by atoms with van der Waals surface area (Å²) in [6, 6.07) is 19.5. The van der Waals surface area contributed by atoms with Gasteiger partial charge in [0.05, 0.1) is 25.8 Å². The van der Waals surface area contributed by atoms with Crippen LogP contribution in [0.3, 0.4) is 0 Å². The minimum atomic E-state index is -4.07. The van der Waals surface area contributed by atoms with Crippen LogP contribution in [0.2, 0.25) is 5.02 Å². The molecular formula is C24H22ClN3O4S2. The molecule has 0 aliphatic heterocycles. The van der Waals surface area contributed by atoms with Crippen LogP contribution in [0.25, 0.3) is 10.2 Å². The van der Waals surface area contributed by atoms with Crippen molar-refractivity contribution in [3.63, 3.8) is 0 Å². The Morgan fingerprint density at radius 1 is 1.06 bits per heavy atom. The van der Waals surface area contributed by atoms with Crippen LogP contribution in [0.4, 0.5) is 11.4 Å². The van der Waals surface area contributed by atoms with Crippen LogP contribution in [-0.2, 0) is 14.8 Å². The van der Waals surface area contributed by atoms with Gasteiger partial charge < -0.3 is 5.32 Å². The highest BCUT2D eigenvalue weighted by atomic mass is 35.5. The van der Waals surface area contributed by atoms with Crippen LogP contribution in [-0.4, -0.2) is 25.4 Å². The van der Waals surface area contributed by atoms with E-state index >= 15 is 0 Å². The minimum Gasteiger partial charge on any atom is -0.324 e.